The van der Waals surface area contributed by atoms with Crippen LogP contribution in [0.25, 0.3) is 0 Å². The number of benzene rings is 1. The van der Waals surface area contributed by atoms with Crippen molar-refractivity contribution in [3.63, 3.8) is 0 Å². The molecule has 0 spiro atoms. The Morgan fingerprint density at radius 3 is 2.61 bits per heavy atom. The van der Waals surface area contributed by atoms with Crippen molar-refractivity contribution in [2.75, 3.05) is 44.6 Å². The summed E-state index contributed by atoms with van der Waals surface area (Å²) in [6, 6.07) is 4.24. The highest BCUT2D eigenvalue weighted by Gasteiger charge is 2.34. The minimum Gasteiger partial charge on any atom is -0.339 e. The van der Waals surface area contributed by atoms with E-state index in [9.17, 15) is 9.59 Å². The summed E-state index contributed by atoms with van der Waals surface area (Å²) in [5, 5.41) is 3.44. The van der Waals surface area contributed by atoms with E-state index in [2.05, 4.69) is 10.2 Å². The Bertz CT molecular complexity index is 709. The highest BCUT2D eigenvalue weighted by Crippen LogP contribution is 2.30. The molecule has 2 heterocycles. The molecule has 3 amide bonds. The lowest BCUT2D eigenvalue weighted by molar-refractivity contribution is -0.139. The molecule has 0 unspecified atom stereocenters. The van der Waals surface area contributed by atoms with Crippen molar-refractivity contribution in [2.24, 2.45) is 0 Å². The van der Waals surface area contributed by atoms with Crippen LogP contribution in [0.1, 0.15) is 32.6 Å². The molecule has 2 aliphatic heterocycles. The SMILES string of the molecule is C[C@H]1C(=O)N(CCCN2CCCCC2)CCN1C(=O)Nc1cccc(Cl)c1Cl. The Balaban J connectivity index is 1.50. The van der Waals surface area contributed by atoms with Crippen LogP contribution in [0.2, 0.25) is 10.0 Å². The van der Waals surface area contributed by atoms with Crippen molar-refractivity contribution >= 4 is 40.8 Å². The van der Waals surface area contributed by atoms with E-state index in [1.807, 2.05) is 4.90 Å². The molecule has 154 valence electrons. The smallest absolute Gasteiger partial charge is 0.322 e. The molecule has 0 radical (unpaired) electrons. The lowest BCUT2D eigenvalue weighted by atomic mass is 10.1. The molecule has 3 rings (SSSR count). The molecule has 0 bridgehead atoms. The van der Waals surface area contributed by atoms with Gasteiger partial charge in [0.15, 0.2) is 0 Å². The van der Waals surface area contributed by atoms with Crippen molar-refractivity contribution in [1.82, 2.24) is 14.7 Å². The lowest BCUT2D eigenvalue weighted by Gasteiger charge is -2.39. The van der Waals surface area contributed by atoms with Crippen molar-refractivity contribution in [3.8, 4) is 0 Å². The zero-order valence-electron chi connectivity index (χ0n) is 16.3. The number of hydrogen-bond acceptors (Lipinski definition) is 3. The topological polar surface area (TPSA) is 55.9 Å². The fourth-order valence-electron chi connectivity index (χ4n) is 3.88. The molecule has 0 aliphatic carbocycles. The summed E-state index contributed by atoms with van der Waals surface area (Å²) in [5.41, 5.74) is 0.447. The van der Waals surface area contributed by atoms with Gasteiger partial charge in [0.25, 0.3) is 0 Å². The maximum atomic E-state index is 12.7. The van der Waals surface area contributed by atoms with E-state index < -0.39 is 6.04 Å². The molecule has 1 atom stereocenters. The van der Waals surface area contributed by atoms with Crippen molar-refractivity contribution in [2.45, 2.75) is 38.6 Å². The third-order valence-electron chi connectivity index (χ3n) is 5.55. The molecule has 2 aliphatic rings. The second-order valence-corrected chi connectivity index (χ2v) is 8.27. The first-order valence-electron chi connectivity index (χ1n) is 10.00. The Labute approximate surface area is 176 Å². The van der Waals surface area contributed by atoms with Crippen LogP contribution in [0.15, 0.2) is 18.2 Å². The highest BCUT2D eigenvalue weighted by molar-refractivity contribution is 6.43. The molecule has 6 nitrogen and oxygen atoms in total. The Hall–Kier alpha value is -1.50. The summed E-state index contributed by atoms with van der Waals surface area (Å²) in [6.45, 7) is 6.96. The quantitative estimate of drug-likeness (QED) is 0.775. The molecular weight excluding hydrogens is 399 g/mol. The summed E-state index contributed by atoms with van der Waals surface area (Å²) >= 11 is 12.1. The number of carbonyl (C=O) groups is 2. The number of urea groups is 1. The second kappa shape index (κ2) is 9.81. The van der Waals surface area contributed by atoms with E-state index in [1.54, 1.807) is 30.0 Å². The number of halogens is 2. The van der Waals surface area contributed by atoms with Gasteiger partial charge >= 0.3 is 6.03 Å². The molecule has 1 aromatic carbocycles. The standard InChI is InChI=1S/C20H28Cl2N4O2/c1-15-19(27)25(12-6-11-24-9-3-2-4-10-24)13-14-26(15)20(28)23-17-8-5-7-16(21)18(17)22/h5,7-8,15H,2-4,6,9-14H2,1H3,(H,23,28)/t15-/m0/s1. The minimum absolute atomic E-state index is 0.00256. The lowest BCUT2D eigenvalue weighted by Crippen LogP contribution is -2.58. The van der Waals surface area contributed by atoms with Gasteiger partial charge in [-0.1, -0.05) is 35.7 Å². The number of likely N-dealkylation sites (tertiary alicyclic amines) is 1. The molecule has 8 heteroatoms. The van der Waals surface area contributed by atoms with Gasteiger partial charge in [0.1, 0.15) is 6.04 Å². The molecule has 28 heavy (non-hydrogen) atoms. The monoisotopic (exact) mass is 426 g/mol. The molecule has 0 aromatic heterocycles. The summed E-state index contributed by atoms with van der Waals surface area (Å²) in [6.07, 6.45) is 4.86. The van der Waals surface area contributed by atoms with Crippen molar-refractivity contribution in [1.29, 1.82) is 0 Å². The number of nitrogens with one attached hydrogen (secondary N) is 1. The number of rotatable bonds is 5. The van der Waals surface area contributed by atoms with Crippen molar-refractivity contribution < 1.29 is 9.59 Å². The molecular formula is C20H28Cl2N4O2. The average molecular weight is 427 g/mol. The van der Waals surface area contributed by atoms with E-state index in [0.717, 1.165) is 19.5 Å². The van der Waals surface area contributed by atoms with Crippen LogP contribution >= 0.6 is 23.2 Å². The fraction of sp³-hybridized carbons (Fsp3) is 0.600. The first-order valence-corrected chi connectivity index (χ1v) is 10.8. The van der Waals surface area contributed by atoms with E-state index in [0.29, 0.717) is 28.8 Å². The number of anilines is 1. The Morgan fingerprint density at radius 2 is 1.86 bits per heavy atom. The molecule has 0 saturated carbocycles. The zero-order chi connectivity index (χ0) is 20.1. The van der Waals surface area contributed by atoms with E-state index in [-0.39, 0.29) is 11.9 Å². The van der Waals surface area contributed by atoms with Gasteiger partial charge in [0.05, 0.1) is 15.7 Å². The number of piperazine rings is 1. The third kappa shape index (κ3) is 5.10. The van der Waals surface area contributed by atoms with Gasteiger partial charge in [-0.15, -0.1) is 0 Å². The average Bonchev–Trinajstić information content (AvgIpc) is 2.69. The van der Waals surface area contributed by atoms with Gasteiger partial charge in [-0.05, 0) is 58.0 Å². The predicted molar refractivity (Wildman–Crippen MR) is 113 cm³/mol. The van der Waals surface area contributed by atoms with E-state index in [4.69, 9.17) is 23.2 Å². The number of amides is 3. The van der Waals surface area contributed by atoms with Crippen LogP contribution in [0.4, 0.5) is 10.5 Å². The minimum atomic E-state index is -0.498. The van der Waals surface area contributed by atoms with E-state index >= 15 is 0 Å². The first-order chi connectivity index (χ1) is 13.5. The second-order valence-electron chi connectivity index (χ2n) is 7.48. The van der Waals surface area contributed by atoms with E-state index in [1.165, 1.54) is 32.4 Å². The van der Waals surface area contributed by atoms with Gasteiger partial charge in [-0.2, -0.15) is 0 Å². The summed E-state index contributed by atoms with van der Waals surface area (Å²) in [7, 11) is 0. The number of nitrogens with zero attached hydrogens (tertiary/aromatic N) is 3. The molecule has 2 fully saturated rings. The van der Waals surface area contributed by atoms with Crippen LogP contribution in [0.5, 0.6) is 0 Å². The molecule has 1 N–H and O–H groups in total. The Kier molecular flexibility index (Phi) is 7.43. The van der Waals surface area contributed by atoms with Crippen LogP contribution in [-0.4, -0.2) is 71.9 Å². The first kappa shape index (κ1) is 21.2. The Morgan fingerprint density at radius 1 is 1.11 bits per heavy atom. The normalized spacial score (nSPS) is 21.1. The van der Waals surface area contributed by atoms with Crippen LogP contribution < -0.4 is 5.32 Å². The number of piperidine rings is 1. The zero-order valence-corrected chi connectivity index (χ0v) is 17.8. The maximum absolute atomic E-state index is 12.7. The predicted octanol–water partition coefficient (Wildman–Crippen LogP) is 3.93. The van der Waals surface area contributed by atoms with Crippen LogP contribution in [0.3, 0.4) is 0 Å². The largest absolute Gasteiger partial charge is 0.339 e. The highest BCUT2D eigenvalue weighted by atomic mass is 35.5. The summed E-state index contributed by atoms with van der Waals surface area (Å²) in [5.74, 6) is -0.00256. The number of carbonyl (C=O) groups excluding carboxylic acids is 2. The van der Waals surface area contributed by atoms with Crippen LogP contribution in [-0.2, 0) is 4.79 Å². The van der Waals surface area contributed by atoms with Gasteiger partial charge < -0.3 is 20.0 Å². The third-order valence-corrected chi connectivity index (χ3v) is 6.37. The van der Waals surface area contributed by atoms with Gasteiger partial charge in [0.2, 0.25) is 5.91 Å². The molecule has 2 saturated heterocycles. The van der Waals surface area contributed by atoms with Gasteiger partial charge in [0, 0.05) is 19.6 Å². The maximum Gasteiger partial charge on any atom is 0.322 e. The fourth-order valence-corrected chi connectivity index (χ4v) is 4.23. The summed E-state index contributed by atoms with van der Waals surface area (Å²) in [4.78, 5) is 31.3. The van der Waals surface area contributed by atoms with Crippen LogP contribution in [0, 0.1) is 0 Å². The summed E-state index contributed by atoms with van der Waals surface area (Å²) < 4.78 is 0. The van der Waals surface area contributed by atoms with Gasteiger partial charge in [-0.25, -0.2) is 4.79 Å². The van der Waals surface area contributed by atoms with Gasteiger partial charge in [-0.3, -0.25) is 4.79 Å². The van der Waals surface area contributed by atoms with Crippen molar-refractivity contribution in [3.05, 3.63) is 28.2 Å². The number of hydrogen-bond donors (Lipinski definition) is 1. The molecule has 1 aromatic rings.